The van der Waals surface area contributed by atoms with E-state index in [1.54, 1.807) is 0 Å². The van der Waals surface area contributed by atoms with Crippen molar-refractivity contribution >= 4 is 40.4 Å². The van der Waals surface area contributed by atoms with Crippen LogP contribution < -0.4 is 10.6 Å². The smallest absolute Gasteiger partial charge is 0.321 e. The van der Waals surface area contributed by atoms with Gasteiger partial charge >= 0.3 is 12.0 Å². The van der Waals surface area contributed by atoms with Crippen molar-refractivity contribution in [3.05, 3.63) is 78.4 Å². The fourth-order valence-corrected chi connectivity index (χ4v) is 3.31. The Labute approximate surface area is 172 Å². The number of hydrogen-bond acceptors (Lipinski definition) is 5. The second-order valence-corrected chi connectivity index (χ2v) is 7.22. The molecule has 148 valence electrons. The highest BCUT2D eigenvalue weighted by Crippen LogP contribution is 2.23. The highest BCUT2D eigenvalue weighted by Gasteiger charge is 2.11. The van der Waals surface area contributed by atoms with Crippen LogP contribution in [0, 0.1) is 0 Å². The Hall–Kier alpha value is -3.32. The molecule has 0 unspecified atom stereocenters. The first kappa shape index (κ1) is 20.4. The SMILES string of the molecule is O=C(COC(=O)CSc1ccc2ccccc2c1)NC(=O)NCc1ccccc1. The van der Waals surface area contributed by atoms with Crippen molar-refractivity contribution in [3.63, 3.8) is 0 Å². The first-order chi connectivity index (χ1) is 14.1. The number of ether oxygens (including phenoxy) is 1. The van der Waals surface area contributed by atoms with Gasteiger partial charge in [0.05, 0.1) is 5.75 Å². The van der Waals surface area contributed by atoms with Crippen molar-refractivity contribution in [2.24, 2.45) is 0 Å². The molecule has 0 bridgehead atoms. The molecule has 0 aliphatic rings. The van der Waals surface area contributed by atoms with E-state index in [0.29, 0.717) is 6.54 Å². The van der Waals surface area contributed by atoms with Crippen molar-refractivity contribution in [1.82, 2.24) is 10.6 Å². The molecular weight excluding hydrogens is 388 g/mol. The number of imide groups is 1. The summed E-state index contributed by atoms with van der Waals surface area (Å²) in [4.78, 5) is 36.2. The molecule has 7 heteroatoms. The summed E-state index contributed by atoms with van der Waals surface area (Å²) in [6, 6.07) is 22.5. The van der Waals surface area contributed by atoms with Gasteiger partial charge in [-0.05, 0) is 28.5 Å². The number of hydrogen-bond donors (Lipinski definition) is 2. The molecule has 0 aliphatic carbocycles. The Kier molecular flexibility index (Phi) is 7.24. The maximum absolute atomic E-state index is 11.9. The molecule has 3 aromatic carbocycles. The van der Waals surface area contributed by atoms with Crippen LogP contribution in [0.2, 0.25) is 0 Å². The minimum atomic E-state index is -0.681. The van der Waals surface area contributed by atoms with Crippen molar-refractivity contribution in [2.75, 3.05) is 12.4 Å². The van der Waals surface area contributed by atoms with Gasteiger partial charge in [0.25, 0.3) is 5.91 Å². The van der Waals surface area contributed by atoms with Crippen LogP contribution in [0.3, 0.4) is 0 Å². The third-order valence-corrected chi connectivity index (χ3v) is 4.96. The van der Waals surface area contributed by atoms with Crippen LogP contribution in [0.25, 0.3) is 10.8 Å². The fourth-order valence-electron chi connectivity index (χ4n) is 2.57. The molecule has 0 aliphatic heterocycles. The number of amides is 3. The topological polar surface area (TPSA) is 84.5 Å². The lowest BCUT2D eigenvalue weighted by atomic mass is 10.1. The van der Waals surface area contributed by atoms with Gasteiger partial charge in [0.2, 0.25) is 0 Å². The number of esters is 1. The molecular formula is C22H20N2O4S. The number of rotatable bonds is 7. The quantitative estimate of drug-likeness (QED) is 0.462. The molecule has 0 fully saturated rings. The molecule has 0 radical (unpaired) electrons. The van der Waals surface area contributed by atoms with Gasteiger partial charge in [0.15, 0.2) is 6.61 Å². The van der Waals surface area contributed by atoms with E-state index in [9.17, 15) is 14.4 Å². The zero-order valence-corrected chi connectivity index (χ0v) is 16.4. The summed E-state index contributed by atoms with van der Waals surface area (Å²) in [6.07, 6.45) is 0. The van der Waals surface area contributed by atoms with Gasteiger partial charge in [-0.3, -0.25) is 14.9 Å². The molecule has 0 saturated carbocycles. The highest BCUT2D eigenvalue weighted by atomic mass is 32.2. The third kappa shape index (κ3) is 6.65. The molecule has 0 aromatic heterocycles. The average Bonchev–Trinajstić information content (AvgIpc) is 2.75. The van der Waals surface area contributed by atoms with Gasteiger partial charge in [-0.25, -0.2) is 4.79 Å². The molecule has 2 N–H and O–H groups in total. The summed E-state index contributed by atoms with van der Waals surface area (Å²) in [5.74, 6) is -1.13. The number of carbonyl (C=O) groups is 3. The average molecular weight is 408 g/mol. The Bertz CT molecular complexity index is 1010. The Balaban J connectivity index is 1.35. The minimum Gasteiger partial charge on any atom is -0.455 e. The van der Waals surface area contributed by atoms with Crippen LogP contribution >= 0.6 is 11.8 Å². The highest BCUT2D eigenvalue weighted by molar-refractivity contribution is 8.00. The second kappa shape index (κ2) is 10.3. The number of nitrogens with one attached hydrogen (secondary N) is 2. The van der Waals surface area contributed by atoms with Gasteiger partial charge in [-0.15, -0.1) is 11.8 Å². The molecule has 3 rings (SSSR count). The van der Waals surface area contributed by atoms with E-state index in [2.05, 4.69) is 10.6 Å². The summed E-state index contributed by atoms with van der Waals surface area (Å²) < 4.78 is 4.92. The normalized spacial score (nSPS) is 10.3. The Morgan fingerprint density at radius 1 is 0.862 bits per heavy atom. The largest absolute Gasteiger partial charge is 0.455 e. The lowest BCUT2D eigenvalue weighted by Gasteiger charge is -2.08. The van der Waals surface area contributed by atoms with Crippen LogP contribution in [-0.4, -0.2) is 30.3 Å². The van der Waals surface area contributed by atoms with Crippen LogP contribution in [0.4, 0.5) is 4.79 Å². The van der Waals surface area contributed by atoms with Gasteiger partial charge in [0, 0.05) is 11.4 Å². The van der Waals surface area contributed by atoms with Crippen LogP contribution in [0.1, 0.15) is 5.56 Å². The molecule has 6 nitrogen and oxygen atoms in total. The van der Waals surface area contributed by atoms with E-state index >= 15 is 0 Å². The van der Waals surface area contributed by atoms with E-state index < -0.39 is 24.5 Å². The predicted octanol–water partition coefficient (Wildman–Crippen LogP) is 3.50. The first-order valence-electron chi connectivity index (χ1n) is 8.99. The standard InChI is InChI=1S/C22H20N2O4S/c25-20(24-22(27)23-13-16-6-2-1-3-7-16)14-28-21(26)15-29-19-11-10-17-8-4-5-9-18(17)12-19/h1-12H,13-15H2,(H2,23,24,25,27). The molecule has 0 spiro atoms. The van der Waals surface area contributed by atoms with Crippen LogP contribution in [0.15, 0.2) is 77.7 Å². The van der Waals surface area contributed by atoms with E-state index in [1.807, 2.05) is 72.8 Å². The van der Waals surface area contributed by atoms with Crippen molar-refractivity contribution in [3.8, 4) is 0 Å². The van der Waals surface area contributed by atoms with Gasteiger partial charge in [0.1, 0.15) is 0 Å². The summed E-state index contributed by atoms with van der Waals surface area (Å²) in [7, 11) is 0. The van der Waals surface area contributed by atoms with Crippen LogP contribution in [0.5, 0.6) is 0 Å². The molecule has 0 heterocycles. The van der Waals surface area contributed by atoms with E-state index in [0.717, 1.165) is 21.2 Å². The zero-order chi connectivity index (χ0) is 20.5. The number of thioether (sulfide) groups is 1. The summed E-state index contributed by atoms with van der Waals surface area (Å²) in [6.45, 7) is -0.210. The summed E-state index contributed by atoms with van der Waals surface area (Å²) in [5.41, 5.74) is 0.909. The van der Waals surface area contributed by atoms with E-state index in [-0.39, 0.29) is 5.75 Å². The number of urea groups is 1. The Morgan fingerprint density at radius 2 is 1.59 bits per heavy atom. The van der Waals surface area contributed by atoms with Gasteiger partial charge < -0.3 is 10.1 Å². The molecule has 29 heavy (non-hydrogen) atoms. The number of benzene rings is 3. The van der Waals surface area contributed by atoms with Crippen molar-refractivity contribution in [1.29, 1.82) is 0 Å². The van der Waals surface area contributed by atoms with Crippen LogP contribution in [-0.2, 0) is 20.9 Å². The minimum absolute atomic E-state index is 0.0752. The fraction of sp³-hybridized carbons (Fsp3) is 0.136. The van der Waals surface area contributed by atoms with Gasteiger partial charge in [-0.2, -0.15) is 0 Å². The second-order valence-electron chi connectivity index (χ2n) is 6.17. The maximum atomic E-state index is 11.9. The molecule has 0 atom stereocenters. The van der Waals surface area contributed by atoms with Gasteiger partial charge in [-0.1, -0.05) is 60.7 Å². The van der Waals surface area contributed by atoms with Crippen molar-refractivity contribution < 1.29 is 19.1 Å². The monoisotopic (exact) mass is 408 g/mol. The Morgan fingerprint density at radius 3 is 2.38 bits per heavy atom. The van der Waals surface area contributed by atoms with E-state index in [1.165, 1.54) is 11.8 Å². The maximum Gasteiger partial charge on any atom is 0.321 e. The molecule has 0 saturated heterocycles. The summed E-state index contributed by atoms with van der Waals surface area (Å²) in [5, 5.41) is 6.91. The molecule has 3 aromatic rings. The van der Waals surface area contributed by atoms with E-state index in [4.69, 9.17) is 4.74 Å². The summed E-state index contributed by atoms with van der Waals surface area (Å²) >= 11 is 1.33. The lowest BCUT2D eigenvalue weighted by molar-refractivity contribution is -0.145. The molecule has 3 amide bonds. The lowest BCUT2D eigenvalue weighted by Crippen LogP contribution is -2.41. The number of carbonyl (C=O) groups excluding carboxylic acids is 3. The first-order valence-corrected chi connectivity index (χ1v) is 9.97. The number of fused-ring (bicyclic) bond motifs is 1. The predicted molar refractivity (Wildman–Crippen MR) is 112 cm³/mol. The zero-order valence-electron chi connectivity index (χ0n) is 15.6. The third-order valence-electron chi connectivity index (χ3n) is 3.99. The van der Waals surface area contributed by atoms with Crippen molar-refractivity contribution in [2.45, 2.75) is 11.4 Å².